The summed E-state index contributed by atoms with van der Waals surface area (Å²) in [6.45, 7) is -3.74. The van der Waals surface area contributed by atoms with Gasteiger partial charge < -0.3 is 0 Å². The molecule has 2 aromatic carbocycles. The monoisotopic (exact) mass is 350 g/mol. The van der Waals surface area contributed by atoms with Gasteiger partial charge in [-0.05, 0) is 0 Å². The molecule has 0 atom stereocenters. The first kappa shape index (κ1) is 16.5. The molecule has 3 rings (SSSR count). The predicted molar refractivity (Wildman–Crippen MR) is 96.3 cm³/mol. The molecule has 0 aliphatic carbocycles. The van der Waals surface area contributed by atoms with E-state index in [9.17, 15) is 0 Å². The fourth-order valence-electron chi connectivity index (χ4n) is 2.39. The molecule has 1 aliphatic heterocycles. The molecular formula is C17H19O4PS. The van der Waals surface area contributed by atoms with Gasteiger partial charge in [0.25, 0.3) is 0 Å². The molecule has 0 saturated carbocycles. The number of hydrogen-bond donors (Lipinski definition) is 0. The van der Waals surface area contributed by atoms with Gasteiger partial charge in [0.1, 0.15) is 0 Å². The van der Waals surface area contributed by atoms with E-state index in [4.69, 9.17) is 18.1 Å². The molecule has 1 aliphatic rings. The number of rotatable bonds is 5. The van der Waals surface area contributed by atoms with Crippen LogP contribution in [0.1, 0.15) is 11.1 Å². The standard InChI is InChI=1S/C17H19O4PS/c1-18-22(19-2,20-3)21-16(14-10-6-4-7-11-14)17(23-22)15-12-8-5-9-13-15/h4-13H,1-3H3. The second-order valence-corrected chi connectivity index (χ2v) is 10.6. The fraction of sp³-hybridized carbons (Fsp3) is 0.176. The summed E-state index contributed by atoms with van der Waals surface area (Å²) < 4.78 is 23.3. The molecule has 0 spiro atoms. The minimum absolute atomic E-state index is 0.713. The Morgan fingerprint density at radius 2 is 1.22 bits per heavy atom. The van der Waals surface area contributed by atoms with E-state index in [1.54, 1.807) is 21.3 Å². The van der Waals surface area contributed by atoms with Crippen LogP contribution in [-0.4, -0.2) is 21.3 Å². The van der Waals surface area contributed by atoms with Crippen molar-refractivity contribution in [3.8, 4) is 0 Å². The van der Waals surface area contributed by atoms with E-state index in [2.05, 4.69) is 0 Å². The normalized spacial score (nSPS) is 20.6. The van der Waals surface area contributed by atoms with Gasteiger partial charge in [0, 0.05) is 0 Å². The van der Waals surface area contributed by atoms with Crippen LogP contribution in [0.2, 0.25) is 0 Å². The van der Waals surface area contributed by atoms with E-state index in [0.29, 0.717) is 5.76 Å². The van der Waals surface area contributed by atoms with Gasteiger partial charge in [-0.15, -0.1) is 0 Å². The second-order valence-electron chi connectivity index (χ2n) is 4.87. The van der Waals surface area contributed by atoms with E-state index < -0.39 is 6.71 Å². The van der Waals surface area contributed by atoms with Crippen LogP contribution < -0.4 is 0 Å². The van der Waals surface area contributed by atoms with E-state index in [0.717, 1.165) is 16.0 Å². The summed E-state index contributed by atoms with van der Waals surface area (Å²) in [6.07, 6.45) is 0. The molecule has 0 saturated heterocycles. The van der Waals surface area contributed by atoms with Crippen molar-refractivity contribution in [2.24, 2.45) is 0 Å². The third kappa shape index (κ3) is 2.80. The zero-order valence-corrected chi connectivity index (χ0v) is 15.0. The fourth-order valence-corrected chi connectivity index (χ4v) is 7.13. The maximum atomic E-state index is 6.24. The molecule has 0 unspecified atom stereocenters. The molecule has 122 valence electrons. The van der Waals surface area contributed by atoms with Crippen molar-refractivity contribution in [1.82, 2.24) is 0 Å². The van der Waals surface area contributed by atoms with Crippen LogP contribution in [0.4, 0.5) is 0 Å². The Morgan fingerprint density at radius 1 is 0.739 bits per heavy atom. The first-order chi connectivity index (χ1) is 11.2. The molecular weight excluding hydrogens is 331 g/mol. The Morgan fingerprint density at radius 3 is 1.70 bits per heavy atom. The predicted octanol–water partition coefficient (Wildman–Crippen LogP) is 5.34. The van der Waals surface area contributed by atoms with Crippen LogP contribution in [0.15, 0.2) is 60.7 Å². The summed E-state index contributed by atoms with van der Waals surface area (Å²) in [6, 6.07) is 19.9. The van der Waals surface area contributed by atoms with Crippen LogP contribution in [0.5, 0.6) is 0 Å². The van der Waals surface area contributed by atoms with Crippen molar-refractivity contribution in [1.29, 1.82) is 0 Å². The van der Waals surface area contributed by atoms with Crippen LogP contribution in [0.25, 0.3) is 10.7 Å². The van der Waals surface area contributed by atoms with Crippen LogP contribution in [0, 0.1) is 0 Å². The SMILES string of the molecule is COP1(OC)(OC)OC(c2ccccc2)=C(c2ccccc2)S1. The van der Waals surface area contributed by atoms with E-state index in [1.165, 1.54) is 11.4 Å². The molecule has 0 amide bonds. The topological polar surface area (TPSA) is 36.9 Å². The number of benzene rings is 2. The van der Waals surface area contributed by atoms with Gasteiger partial charge in [0.05, 0.1) is 0 Å². The van der Waals surface area contributed by atoms with Crippen molar-refractivity contribution in [2.45, 2.75) is 0 Å². The molecule has 0 aromatic heterocycles. The molecule has 0 radical (unpaired) electrons. The van der Waals surface area contributed by atoms with Gasteiger partial charge in [-0.1, -0.05) is 0 Å². The summed E-state index contributed by atoms with van der Waals surface area (Å²) in [5.74, 6) is 0.713. The number of hydrogen-bond acceptors (Lipinski definition) is 5. The van der Waals surface area contributed by atoms with Gasteiger partial charge in [0.15, 0.2) is 0 Å². The summed E-state index contributed by atoms with van der Waals surface area (Å²) >= 11 is 1.38. The molecule has 4 nitrogen and oxygen atoms in total. The van der Waals surface area contributed by atoms with Gasteiger partial charge >= 0.3 is 140 Å². The van der Waals surface area contributed by atoms with Crippen molar-refractivity contribution >= 4 is 28.8 Å². The zero-order valence-electron chi connectivity index (χ0n) is 13.3. The third-order valence-electron chi connectivity index (χ3n) is 3.65. The van der Waals surface area contributed by atoms with E-state index in [-0.39, 0.29) is 0 Å². The van der Waals surface area contributed by atoms with Crippen molar-refractivity contribution in [3.05, 3.63) is 71.8 Å². The molecule has 0 fully saturated rings. The van der Waals surface area contributed by atoms with Crippen LogP contribution in [-0.2, 0) is 18.1 Å². The van der Waals surface area contributed by atoms with Crippen molar-refractivity contribution < 1.29 is 18.1 Å². The van der Waals surface area contributed by atoms with Crippen LogP contribution in [0.3, 0.4) is 0 Å². The van der Waals surface area contributed by atoms with Crippen molar-refractivity contribution in [3.63, 3.8) is 0 Å². The van der Waals surface area contributed by atoms with E-state index >= 15 is 0 Å². The molecule has 2 aromatic rings. The molecule has 23 heavy (non-hydrogen) atoms. The Kier molecular flexibility index (Phi) is 4.50. The summed E-state index contributed by atoms with van der Waals surface area (Å²) in [5.41, 5.74) is 1.99. The Hall–Kier alpha value is -1.36. The maximum absolute atomic E-state index is 6.24. The average Bonchev–Trinajstić information content (AvgIpc) is 3.01. The molecule has 6 heteroatoms. The summed E-state index contributed by atoms with van der Waals surface area (Å²) in [4.78, 5) is 0.944. The summed E-state index contributed by atoms with van der Waals surface area (Å²) in [7, 11) is 4.65. The van der Waals surface area contributed by atoms with Crippen molar-refractivity contribution in [2.75, 3.05) is 21.3 Å². The average molecular weight is 350 g/mol. The molecule has 0 N–H and O–H groups in total. The third-order valence-corrected chi connectivity index (χ3v) is 9.83. The van der Waals surface area contributed by atoms with Gasteiger partial charge in [0.2, 0.25) is 0 Å². The first-order valence-corrected chi connectivity index (χ1v) is 10.4. The Labute approximate surface area is 140 Å². The summed E-state index contributed by atoms with van der Waals surface area (Å²) in [5, 5.41) is 0. The van der Waals surface area contributed by atoms with Gasteiger partial charge in [-0.3, -0.25) is 0 Å². The van der Waals surface area contributed by atoms with E-state index in [1.807, 2.05) is 60.7 Å². The van der Waals surface area contributed by atoms with Crippen LogP contribution >= 0.6 is 18.1 Å². The Bertz CT molecular complexity index is 647. The molecule has 0 bridgehead atoms. The zero-order chi connectivity index (χ0) is 16.4. The van der Waals surface area contributed by atoms with Gasteiger partial charge in [-0.25, -0.2) is 0 Å². The first-order valence-electron chi connectivity index (χ1n) is 7.12. The molecule has 1 heterocycles. The second kappa shape index (κ2) is 6.27. The Balaban J connectivity index is 2.16. The van der Waals surface area contributed by atoms with Gasteiger partial charge in [-0.2, -0.15) is 0 Å². The minimum atomic E-state index is -3.74. The quantitative estimate of drug-likeness (QED) is 0.680.